The van der Waals surface area contributed by atoms with Gasteiger partial charge in [-0.15, -0.1) is 11.6 Å². The van der Waals surface area contributed by atoms with Crippen molar-refractivity contribution < 1.29 is 5.11 Å². The minimum absolute atomic E-state index is 0.220. The van der Waals surface area contributed by atoms with Crippen molar-refractivity contribution in [1.82, 2.24) is 0 Å². The zero-order valence-corrected chi connectivity index (χ0v) is 9.68. The lowest BCUT2D eigenvalue weighted by Crippen LogP contribution is -2.20. The van der Waals surface area contributed by atoms with Crippen LogP contribution in [0.15, 0.2) is 24.3 Å². The van der Waals surface area contributed by atoms with E-state index in [4.69, 9.17) is 29.6 Å². The second-order valence-corrected chi connectivity index (χ2v) is 3.88. The third-order valence-corrected chi connectivity index (χ3v) is 2.48. The molecule has 0 fully saturated rings. The number of thiocarbonyl (C=S) groups is 1. The Hall–Kier alpha value is -0.840. The van der Waals surface area contributed by atoms with E-state index in [2.05, 4.69) is 5.32 Å². The van der Waals surface area contributed by atoms with Crippen LogP contribution in [0, 0.1) is 0 Å². The van der Waals surface area contributed by atoms with Gasteiger partial charge in [-0.2, -0.15) is 0 Å². The lowest BCUT2D eigenvalue weighted by molar-refractivity contribution is 0.211. The molecule has 0 saturated heterocycles. The van der Waals surface area contributed by atoms with Gasteiger partial charge in [0.2, 0.25) is 0 Å². The van der Waals surface area contributed by atoms with E-state index >= 15 is 0 Å². The van der Waals surface area contributed by atoms with Crippen LogP contribution in [0.25, 0.3) is 0 Å². The first-order chi connectivity index (χ1) is 7.13. The lowest BCUT2D eigenvalue weighted by atomic mass is 10.2. The van der Waals surface area contributed by atoms with Crippen molar-refractivity contribution in [3.05, 3.63) is 29.8 Å². The predicted octanol–water partition coefficient (Wildman–Crippen LogP) is 1.33. The number of halogens is 1. The van der Waals surface area contributed by atoms with Gasteiger partial charge in [-0.1, -0.05) is 12.2 Å². The smallest absolute Gasteiger partial charge is 0.103 e. The lowest BCUT2D eigenvalue weighted by Gasteiger charge is -2.10. The highest BCUT2D eigenvalue weighted by atomic mass is 35.5. The summed E-state index contributed by atoms with van der Waals surface area (Å²) >= 11 is 10.3. The minimum atomic E-state index is -0.540. The molecule has 0 aliphatic rings. The van der Waals surface area contributed by atoms with Crippen molar-refractivity contribution in [2.45, 2.75) is 6.10 Å². The molecule has 0 heterocycles. The van der Waals surface area contributed by atoms with Crippen molar-refractivity contribution in [2.24, 2.45) is 5.73 Å². The highest BCUT2D eigenvalue weighted by Gasteiger charge is 2.01. The molecule has 0 aliphatic heterocycles. The van der Waals surface area contributed by atoms with Crippen molar-refractivity contribution in [3.63, 3.8) is 0 Å². The Morgan fingerprint density at radius 3 is 2.53 bits per heavy atom. The molecule has 1 atom stereocenters. The van der Waals surface area contributed by atoms with E-state index < -0.39 is 6.10 Å². The summed E-state index contributed by atoms with van der Waals surface area (Å²) in [5.74, 6) is 0.220. The Labute approximate surface area is 99.2 Å². The van der Waals surface area contributed by atoms with Crippen LogP contribution < -0.4 is 11.1 Å². The Morgan fingerprint density at radius 1 is 1.47 bits per heavy atom. The van der Waals surface area contributed by atoms with Crippen molar-refractivity contribution in [2.75, 3.05) is 17.7 Å². The van der Waals surface area contributed by atoms with E-state index in [0.29, 0.717) is 11.5 Å². The zero-order chi connectivity index (χ0) is 11.3. The molecule has 15 heavy (non-hydrogen) atoms. The molecule has 0 aliphatic carbocycles. The van der Waals surface area contributed by atoms with Crippen LogP contribution >= 0.6 is 23.8 Å². The summed E-state index contributed by atoms with van der Waals surface area (Å²) < 4.78 is 0. The molecule has 1 aromatic carbocycles. The molecule has 1 aromatic rings. The number of aliphatic hydroxyl groups is 1. The molecule has 0 amide bonds. The normalized spacial score (nSPS) is 12.1. The maximum atomic E-state index is 9.23. The minimum Gasteiger partial charge on any atom is -0.390 e. The molecule has 1 rings (SSSR count). The number of alkyl halides is 1. The van der Waals surface area contributed by atoms with Crippen LogP contribution in [-0.2, 0) is 0 Å². The Balaban J connectivity index is 2.53. The van der Waals surface area contributed by atoms with Crippen molar-refractivity contribution >= 4 is 34.5 Å². The second kappa shape index (κ2) is 5.90. The summed E-state index contributed by atoms with van der Waals surface area (Å²) in [7, 11) is 0. The van der Waals surface area contributed by atoms with E-state index in [-0.39, 0.29) is 5.88 Å². The molecule has 82 valence electrons. The van der Waals surface area contributed by atoms with Gasteiger partial charge >= 0.3 is 0 Å². The topological polar surface area (TPSA) is 58.3 Å². The number of benzene rings is 1. The number of nitrogens with two attached hydrogens (primary N) is 1. The molecular formula is C10H13ClN2OS. The van der Waals surface area contributed by atoms with Gasteiger partial charge in [-0.05, 0) is 24.3 Å². The fourth-order valence-corrected chi connectivity index (χ4v) is 1.29. The van der Waals surface area contributed by atoms with Crippen LogP contribution in [0.5, 0.6) is 0 Å². The molecule has 4 N–H and O–H groups in total. The molecule has 3 nitrogen and oxygen atoms in total. The summed E-state index contributed by atoms with van der Waals surface area (Å²) in [6, 6.07) is 7.38. The summed E-state index contributed by atoms with van der Waals surface area (Å²) in [6.45, 7) is 0.427. The number of anilines is 1. The van der Waals surface area contributed by atoms with Gasteiger partial charge in [0.05, 0.1) is 12.0 Å². The van der Waals surface area contributed by atoms with E-state index in [0.717, 1.165) is 11.3 Å². The predicted molar refractivity (Wildman–Crippen MR) is 67.5 cm³/mol. The standard InChI is InChI=1S/C10H13ClN2OS/c11-5-9(14)6-13-8-3-1-7(2-4-8)10(12)15/h1-4,9,13-14H,5-6H2,(H2,12,15). The Kier molecular flexibility index (Phi) is 4.81. The Morgan fingerprint density at radius 2 is 2.07 bits per heavy atom. The number of nitrogens with one attached hydrogen (secondary N) is 1. The second-order valence-electron chi connectivity index (χ2n) is 3.13. The molecule has 0 spiro atoms. The third-order valence-electron chi connectivity index (χ3n) is 1.89. The highest BCUT2D eigenvalue weighted by Crippen LogP contribution is 2.09. The third kappa shape index (κ3) is 4.03. The number of hydrogen-bond acceptors (Lipinski definition) is 3. The quantitative estimate of drug-likeness (QED) is 0.540. The van der Waals surface area contributed by atoms with Gasteiger partial charge in [-0.25, -0.2) is 0 Å². The molecule has 0 radical (unpaired) electrons. The van der Waals surface area contributed by atoms with Gasteiger partial charge in [0.15, 0.2) is 0 Å². The highest BCUT2D eigenvalue weighted by molar-refractivity contribution is 7.80. The van der Waals surface area contributed by atoms with Crippen molar-refractivity contribution in [1.29, 1.82) is 0 Å². The number of rotatable bonds is 5. The number of hydrogen-bond donors (Lipinski definition) is 3. The van der Waals surface area contributed by atoms with E-state index in [1.54, 1.807) is 0 Å². The fraction of sp³-hybridized carbons (Fsp3) is 0.300. The van der Waals surface area contributed by atoms with Gasteiger partial charge in [0.1, 0.15) is 4.99 Å². The number of aliphatic hydroxyl groups excluding tert-OH is 1. The van der Waals surface area contributed by atoms with Gasteiger partial charge in [-0.3, -0.25) is 0 Å². The van der Waals surface area contributed by atoms with E-state index in [1.165, 1.54) is 0 Å². The SMILES string of the molecule is NC(=S)c1ccc(NCC(O)CCl)cc1. The van der Waals surface area contributed by atoms with Crippen LogP contribution in [-0.4, -0.2) is 28.6 Å². The Bertz CT molecular complexity index is 329. The first kappa shape index (κ1) is 12.2. The molecule has 0 bridgehead atoms. The van der Waals surface area contributed by atoms with Gasteiger partial charge < -0.3 is 16.2 Å². The first-order valence-electron chi connectivity index (χ1n) is 4.51. The van der Waals surface area contributed by atoms with Crippen LogP contribution in [0.4, 0.5) is 5.69 Å². The van der Waals surface area contributed by atoms with Crippen LogP contribution in [0.3, 0.4) is 0 Å². The van der Waals surface area contributed by atoms with Crippen LogP contribution in [0.2, 0.25) is 0 Å². The summed E-state index contributed by atoms with van der Waals surface area (Å²) in [5.41, 5.74) is 7.19. The molecule has 0 aromatic heterocycles. The maximum Gasteiger partial charge on any atom is 0.103 e. The van der Waals surface area contributed by atoms with Crippen LogP contribution in [0.1, 0.15) is 5.56 Å². The molecule has 5 heteroatoms. The average Bonchev–Trinajstić information content (AvgIpc) is 2.26. The largest absolute Gasteiger partial charge is 0.390 e. The maximum absolute atomic E-state index is 9.23. The van der Waals surface area contributed by atoms with E-state index in [9.17, 15) is 5.11 Å². The zero-order valence-electron chi connectivity index (χ0n) is 8.11. The summed E-state index contributed by atoms with van der Waals surface area (Å²) in [6.07, 6.45) is -0.540. The monoisotopic (exact) mass is 244 g/mol. The molecule has 0 saturated carbocycles. The summed E-state index contributed by atoms with van der Waals surface area (Å²) in [4.78, 5) is 0.377. The van der Waals surface area contributed by atoms with Gasteiger partial charge in [0.25, 0.3) is 0 Å². The average molecular weight is 245 g/mol. The fourth-order valence-electron chi connectivity index (χ4n) is 1.04. The van der Waals surface area contributed by atoms with Crippen molar-refractivity contribution in [3.8, 4) is 0 Å². The first-order valence-corrected chi connectivity index (χ1v) is 5.45. The van der Waals surface area contributed by atoms with E-state index in [1.807, 2.05) is 24.3 Å². The molecule has 1 unspecified atom stereocenters. The molecular weight excluding hydrogens is 232 g/mol. The van der Waals surface area contributed by atoms with Gasteiger partial charge in [0, 0.05) is 17.8 Å². The summed E-state index contributed by atoms with van der Waals surface area (Å²) in [5, 5.41) is 12.3.